The van der Waals surface area contributed by atoms with E-state index in [1.54, 1.807) is 26.6 Å². The number of carboxylic acid groups (broad SMARTS) is 1. The smallest absolute Gasteiger partial charge is 0.305 e. The molecule has 0 radical (unpaired) electrons. The molecule has 10 heteroatoms. The highest BCUT2D eigenvalue weighted by atomic mass is 35.5. The fourth-order valence-corrected chi connectivity index (χ4v) is 5.07. The number of carbonyl (C=O) groups is 1. The fourth-order valence-electron chi connectivity index (χ4n) is 4.85. The van der Waals surface area contributed by atoms with Crippen LogP contribution in [0.2, 0.25) is 5.02 Å². The van der Waals surface area contributed by atoms with Crippen molar-refractivity contribution >= 4 is 28.9 Å². The number of aliphatic carboxylic acids is 1. The Balaban J connectivity index is 1.36. The van der Waals surface area contributed by atoms with Crippen molar-refractivity contribution in [3.8, 4) is 11.8 Å². The predicted octanol–water partition coefficient (Wildman–Crippen LogP) is 3.50. The van der Waals surface area contributed by atoms with Gasteiger partial charge in [-0.2, -0.15) is 0 Å². The van der Waals surface area contributed by atoms with Crippen LogP contribution in [0.3, 0.4) is 0 Å². The Labute approximate surface area is 204 Å². The number of methoxy groups -OCH3 is 2. The molecule has 0 unspecified atom stereocenters. The lowest BCUT2D eigenvalue weighted by atomic mass is 9.98. The van der Waals surface area contributed by atoms with Crippen LogP contribution in [0.5, 0.6) is 11.8 Å². The maximum absolute atomic E-state index is 11.4. The van der Waals surface area contributed by atoms with Crippen LogP contribution in [0.1, 0.15) is 26.2 Å². The highest BCUT2D eigenvalue weighted by Crippen LogP contribution is 2.34. The van der Waals surface area contributed by atoms with Crippen LogP contribution >= 0.6 is 11.6 Å². The molecular formula is C24H31ClN4O5. The molecule has 0 bridgehead atoms. The van der Waals surface area contributed by atoms with Crippen LogP contribution in [0.25, 0.3) is 0 Å². The number of halogens is 1. The average molecular weight is 491 g/mol. The second kappa shape index (κ2) is 10.7. The van der Waals surface area contributed by atoms with Gasteiger partial charge in [0, 0.05) is 63.7 Å². The topological polar surface area (TPSA) is 97.2 Å². The summed E-state index contributed by atoms with van der Waals surface area (Å²) in [6.45, 7) is 4.28. The third kappa shape index (κ3) is 5.31. The molecule has 0 aliphatic carbocycles. The maximum Gasteiger partial charge on any atom is 0.305 e. The molecule has 2 fully saturated rings. The summed E-state index contributed by atoms with van der Waals surface area (Å²) in [7, 11) is 3.26. The molecule has 4 rings (SSSR count). The molecule has 2 saturated heterocycles. The Kier molecular flexibility index (Phi) is 7.63. The summed E-state index contributed by atoms with van der Waals surface area (Å²) in [5, 5.41) is 9.95. The van der Waals surface area contributed by atoms with Gasteiger partial charge in [0.25, 0.3) is 0 Å². The van der Waals surface area contributed by atoms with Crippen molar-refractivity contribution in [2.45, 2.75) is 44.4 Å². The summed E-state index contributed by atoms with van der Waals surface area (Å²) in [5.41, 5.74) is 1.79. The van der Waals surface area contributed by atoms with Crippen LogP contribution in [-0.2, 0) is 9.53 Å². The lowest BCUT2D eigenvalue weighted by Gasteiger charge is -2.34. The predicted molar refractivity (Wildman–Crippen MR) is 129 cm³/mol. The maximum atomic E-state index is 11.4. The van der Waals surface area contributed by atoms with Gasteiger partial charge in [0.15, 0.2) is 0 Å². The van der Waals surface area contributed by atoms with Crippen molar-refractivity contribution in [3.63, 3.8) is 0 Å². The third-order valence-corrected chi connectivity index (χ3v) is 7.09. The third-order valence-electron chi connectivity index (χ3n) is 6.80. The first-order valence-corrected chi connectivity index (χ1v) is 11.9. The quantitative estimate of drug-likeness (QED) is 0.596. The fraction of sp³-hybridized carbons (Fsp3) is 0.542. The first kappa shape index (κ1) is 24.3. The van der Waals surface area contributed by atoms with Gasteiger partial charge in [0.2, 0.25) is 11.8 Å². The molecule has 0 aromatic carbocycles. The van der Waals surface area contributed by atoms with E-state index in [9.17, 15) is 9.90 Å². The highest BCUT2D eigenvalue weighted by Gasteiger charge is 2.40. The van der Waals surface area contributed by atoms with E-state index in [0.717, 1.165) is 37.3 Å². The SMILES string of the molecule is COc1cc(N2CCC(Oc3ccc(N4C[C@H](OC)[C@@H](C)[C@@H]4CC(=O)O)cn3)CC2)c(Cl)cn1. The number of piperidine rings is 1. The Hall–Kier alpha value is -2.78. The van der Waals surface area contributed by atoms with E-state index in [4.69, 9.17) is 25.8 Å². The molecule has 0 spiro atoms. The van der Waals surface area contributed by atoms with Crippen molar-refractivity contribution in [3.05, 3.63) is 35.6 Å². The van der Waals surface area contributed by atoms with E-state index in [0.29, 0.717) is 23.3 Å². The van der Waals surface area contributed by atoms with Crippen LogP contribution in [0.4, 0.5) is 11.4 Å². The second-order valence-electron chi connectivity index (χ2n) is 8.79. The normalized spacial score (nSPS) is 23.2. The zero-order chi connectivity index (χ0) is 24.2. The summed E-state index contributed by atoms with van der Waals surface area (Å²) in [4.78, 5) is 24.3. The van der Waals surface area contributed by atoms with Gasteiger partial charge in [-0.15, -0.1) is 0 Å². The standard InChI is InChI=1S/C24H31ClN4O5/c1-15-19(11-24(30)31)29(14-21(15)32-2)16-4-5-22(26-12-16)34-17-6-8-28(9-7-17)20-10-23(33-3)27-13-18(20)25/h4-5,10,12-13,15,17,19,21H,6-9,11,14H2,1-3H3,(H,30,31)/t15-,19-,21-/m0/s1. The Morgan fingerprint density at radius 2 is 1.91 bits per heavy atom. The number of nitrogens with zero attached hydrogens (tertiary/aromatic N) is 4. The Morgan fingerprint density at radius 1 is 1.18 bits per heavy atom. The van der Waals surface area contributed by atoms with Gasteiger partial charge in [-0.1, -0.05) is 18.5 Å². The largest absolute Gasteiger partial charge is 0.481 e. The number of carboxylic acids is 1. The van der Waals surface area contributed by atoms with Crippen LogP contribution in [0, 0.1) is 5.92 Å². The summed E-state index contributed by atoms with van der Waals surface area (Å²) in [6.07, 6.45) is 5.15. The summed E-state index contributed by atoms with van der Waals surface area (Å²) in [5.74, 6) is 0.397. The molecule has 1 N–H and O–H groups in total. The van der Waals surface area contributed by atoms with E-state index in [-0.39, 0.29) is 30.6 Å². The molecule has 34 heavy (non-hydrogen) atoms. The Morgan fingerprint density at radius 3 is 2.53 bits per heavy atom. The van der Waals surface area contributed by atoms with Crippen molar-refractivity contribution in [2.75, 3.05) is 43.7 Å². The second-order valence-corrected chi connectivity index (χ2v) is 9.20. The molecule has 0 saturated carbocycles. The molecule has 2 aliphatic heterocycles. The molecule has 4 heterocycles. The van der Waals surface area contributed by atoms with Crippen molar-refractivity contribution < 1.29 is 24.1 Å². The highest BCUT2D eigenvalue weighted by molar-refractivity contribution is 6.33. The van der Waals surface area contributed by atoms with Gasteiger partial charge < -0.3 is 29.1 Å². The number of ether oxygens (including phenoxy) is 3. The number of aromatic nitrogens is 2. The molecule has 2 aliphatic rings. The Bertz CT molecular complexity index is 984. The van der Waals surface area contributed by atoms with Gasteiger partial charge in [-0.05, 0) is 6.07 Å². The van der Waals surface area contributed by atoms with Crippen LogP contribution in [0.15, 0.2) is 30.6 Å². The lowest BCUT2D eigenvalue weighted by Crippen LogP contribution is -2.38. The number of hydrogen-bond donors (Lipinski definition) is 1. The molecule has 2 aromatic heterocycles. The van der Waals surface area contributed by atoms with Gasteiger partial charge in [0.1, 0.15) is 6.10 Å². The molecule has 2 aromatic rings. The first-order valence-electron chi connectivity index (χ1n) is 11.5. The van der Waals surface area contributed by atoms with E-state index < -0.39 is 5.97 Å². The molecule has 184 valence electrons. The zero-order valence-electron chi connectivity index (χ0n) is 19.7. The van der Waals surface area contributed by atoms with Crippen molar-refractivity contribution in [2.24, 2.45) is 5.92 Å². The first-order chi connectivity index (χ1) is 16.4. The summed E-state index contributed by atoms with van der Waals surface area (Å²) in [6, 6.07) is 5.52. The lowest BCUT2D eigenvalue weighted by molar-refractivity contribution is -0.137. The minimum Gasteiger partial charge on any atom is -0.481 e. The molecular weight excluding hydrogens is 460 g/mol. The molecule has 9 nitrogen and oxygen atoms in total. The van der Waals surface area contributed by atoms with E-state index in [1.807, 2.05) is 25.1 Å². The van der Waals surface area contributed by atoms with Crippen molar-refractivity contribution in [1.29, 1.82) is 0 Å². The van der Waals surface area contributed by atoms with Crippen LogP contribution < -0.4 is 19.3 Å². The van der Waals surface area contributed by atoms with Crippen LogP contribution in [-0.4, -0.2) is 73.1 Å². The minimum atomic E-state index is -0.815. The zero-order valence-corrected chi connectivity index (χ0v) is 20.4. The van der Waals surface area contributed by atoms with E-state index in [1.165, 1.54) is 0 Å². The number of rotatable bonds is 8. The minimum absolute atomic E-state index is 0.0145. The summed E-state index contributed by atoms with van der Waals surface area (Å²) >= 11 is 6.34. The average Bonchev–Trinajstić information content (AvgIpc) is 3.15. The summed E-state index contributed by atoms with van der Waals surface area (Å²) < 4.78 is 16.9. The van der Waals surface area contributed by atoms with Gasteiger partial charge in [-0.3, -0.25) is 4.79 Å². The van der Waals surface area contributed by atoms with E-state index in [2.05, 4.69) is 19.8 Å². The molecule has 3 atom stereocenters. The van der Waals surface area contributed by atoms with Gasteiger partial charge in [0.05, 0.1) is 48.4 Å². The van der Waals surface area contributed by atoms with Gasteiger partial charge in [-0.25, -0.2) is 9.97 Å². The monoisotopic (exact) mass is 490 g/mol. The van der Waals surface area contributed by atoms with Crippen molar-refractivity contribution in [1.82, 2.24) is 9.97 Å². The van der Waals surface area contributed by atoms with Gasteiger partial charge >= 0.3 is 5.97 Å². The number of hydrogen-bond acceptors (Lipinski definition) is 8. The van der Waals surface area contributed by atoms with E-state index >= 15 is 0 Å². The number of pyridine rings is 2. The number of anilines is 2. The molecule has 0 amide bonds.